The molecule has 1 spiro atoms. The molecule has 5 rings (SSSR count). The standard InChI is InChI=1S/C27H26N2O6S/c1-14-7-19-15(2)12-26(3,4)29-22(19)20(8-14)27(25(29)33)28(21(30)13-36-27)18-10-16(23(31)34-5)9-17(11-18)24(32)35-6/h7-12H,13H2,1-6H3. The third-order valence-corrected chi connectivity index (χ3v) is 8.28. The lowest BCUT2D eigenvalue weighted by molar-refractivity contribution is -0.124. The Morgan fingerprint density at radius 1 is 0.917 bits per heavy atom. The van der Waals surface area contributed by atoms with Crippen molar-refractivity contribution in [2.24, 2.45) is 0 Å². The molecule has 186 valence electrons. The number of carbonyl (C=O) groups is 4. The predicted molar refractivity (Wildman–Crippen MR) is 137 cm³/mol. The molecule has 1 fully saturated rings. The van der Waals surface area contributed by atoms with Crippen LogP contribution in [0.5, 0.6) is 0 Å². The fourth-order valence-electron chi connectivity index (χ4n) is 5.53. The van der Waals surface area contributed by atoms with E-state index in [-0.39, 0.29) is 34.4 Å². The van der Waals surface area contributed by atoms with Crippen LogP contribution in [0.3, 0.4) is 0 Å². The van der Waals surface area contributed by atoms with Crippen molar-refractivity contribution in [1.29, 1.82) is 0 Å². The number of hydrogen-bond acceptors (Lipinski definition) is 7. The van der Waals surface area contributed by atoms with Gasteiger partial charge in [0.15, 0.2) is 0 Å². The minimum absolute atomic E-state index is 0.0607. The zero-order chi connectivity index (χ0) is 26.2. The van der Waals surface area contributed by atoms with Crippen LogP contribution in [0.25, 0.3) is 5.57 Å². The van der Waals surface area contributed by atoms with Crippen LogP contribution in [0.1, 0.15) is 58.2 Å². The van der Waals surface area contributed by atoms with Gasteiger partial charge in [0.1, 0.15) is 0 Å². The molecule has 0 aromatic heterocycles. The summed E-state index contributed by atoms with van der Waals surface area (Å²) in [5.74, 6) is -1.83. The average molecular weight is 507 g/mol. The van der Waals surface area contributed by atoms with E-state index in [9.17, 15) is 19.2 Å². The highest BCUT2D eigenvalue weighted by Crippen LogP contribution is 2.60. The van der Waals surface area contributed by atoms with E-state index in [0.29, 0.717) is 0 Å². The fraction of sp³-hybridized carbons (Fsp3) is 0.333. The maximum Gasteiger partial charge on any atom is 0.337 e. The van der Waals surface area contributed by atoms with Crippen LogP contribution >= 0.6 is 11.8 Å². The van der Waals surface area contributed by atoms with Crippen molar-refractivity contribution in [2.45, 2.75) is 38.1 Å². The Balaban J connectivity index is 1.80. The van der Waals surface area contributed by atoms with Crippen molar-refractivity contribution in [3.05, 3.63) is 64.2 Å². The van der Waals surface area contributed by atoms with E-state index in [1.54, 1.807) is 4.90 Å². The summed E-state index contributed by atoms with van der Waals surface area (Å²) in [4.78, 5) is 54.6. The van der Waals surface area contributed by atoms with Crippen molar-refractivity contribution in [3.63, 3.8) is 0 Å². The second-order valence-corrected chi connectivity index (χ2v) is 10.9. The molecule has 36 heavy (non-hydrogen) atoms. The number of esters is 2. The summed E-state index contributed by atoms with van der Waals surface area (Å²) < 4.78 is 9.75. The Bertz CT molecular complexity index is 1380. The number of methoxy groups -OCH3 is 2. The first-order valence-corrected chi connectivity index (χ1v) is 12.4. The van der Waals surface area contributed by atoms with Crippen molar-refractivity contribution >= 4 is 52.5 Å². The number of carbonyl (C=O) groups excluding carboxylic acids is 4. The number of thioether (sulfide) groups is 1. The van der Waals surface area contributed by atoms with E-state index in [2.05, 4.69) is 12.1 Å². The van der Waals surface area contributed by atoms with E-state index in [1.807, 2.05) is 33.8 Å². The first-order chi connectivity index (χ1) is 17.0. The summed E-state index contributed by atoms with van der Waals surface area (Å²) in [5, 5.41) is 0. The summed E-state index contributed by atoms with van der Waals surface area (Å²) in [5.41, 5.74) is 4.26. The molecule has 0 radical (unpaired) electrons. The van der Waals surface area contributed by atoms with Crippen LogP contribution < -0.4 is 9.80 Å². The van der Waals surface area contributed by atoms with Gasteiger partial charge in [-0.25, -0.2) is 9.59 Å². The van der Waals surface area contributed by atoms with Crippen LogP contribution in [0.4, 0.5) is 11.4 Å². The number of nitrogens with zero attached hydrogens (tertiary/aromatic N) is 2. The Morgan fingerprint density at radius 3 is 2.11 bits per heavy atom. The lowest BCUT2D eigenvalue weighted by Crippen LogP contribution is -2.55. The molecule has 0 N–H and O–H groups in total. The Morgan fingerprint density at radius 2 is 1.53 bits per heavy atom. The van der Waals surface area contributed by atoms with Gasteiger partial charge >= 0.3 is 11.9 Å². The molecule has 0 saturated carbocycles. The van der Waals surface area contributed by atoms with E-state index in [4.69, 9.17) is 9.47 Å². The van der Waals surface area contributed by atoms with Gasteiger partial charge < -0.3 is 9.47 Å². The molecule has 0 bridgehead atoms. The minimum Gasteiger partial charge on any atom is -0.465 e. The molecule has 1 unspecified atom stereocenters. The average Bonchev–Trinajstić information content (AvgIpc) is 3.31. The molecule has 3 aliphatic heterocycles. The number of rotatable bonds is 3. The van der Waals surface area contributed by atoms with E-state index in [0.717, 1.165) is 28.0 Å². The highest BCUT2D eigenvalue weighted by Gasteiger charge is 2.64. The summed E-state index contributed by atoms with van der Waals surface area (Å²) in [6.45, 7) is 7.93. The van der Waals surface area contributed by atoms with Crippen LogP contribution in [0.2, 0.25) is 0 Å². The molecule has 3 aliphatic rings. The molecule has 8 nitrogen and oxygen atoms in total. The van der Waals surface area contributed by atoms with Crippen LogP contribution in [-0.2, 0) is 23.9 Å². The highest BCUT2D eigenvalue weighted by atomic mass is 32.2. The number of aryl methyl sites for hydroxylation is 1. The molecule has 3 heterocycles. The lowest BCUT2D eigenvalue weighted by Gasteiger charge is -2.40. The monoisotopic (exact) mass is 506 g/mol. The van der Waals surface area contributed by atoms with Crippen molar-refractivity contribution in [1.82, 2.24) is 0 Å². The van der Waals surface area contributed by atoms with Crippen molar-refractivity contribution < 1.29 is 28.7 Å². The van der Waals surface area contributed by atoms with Crippen molar-refractivity contribution in [2.75, 3.05) is 29.8 Å². The lowest BCUT2D eigenvalue weighted by atomic mass is 9.88. The third kappa shape index (κ3) is 3.15. The molecular formula is C27H26N2O6S. The van der Waals surface area contributed by atoms with Gasteiger partial charge in [0.25, 0.3) is 5.91 Å². The summed E-state index contributed by atoms with van der Waals surface area (Å²) in [6, 6.07) is 8.31. The molecule has 9 heteroatoms. The first kappa shape index (κ1) is 24.1. The number of hydrogen-bond donors (Lipinski definition) is 0. The fourth-order valence-corrected chi connectivity index (χ4v) is 6.86. The molecular weight excluding hydrogens is 480 g/mol. The predicted octanol–water partition coefficient (Wildman–Crippen LogP) is 4.04. The maximum absolute atomic E-state index is 14.4. The van der Waals surface area contributed by atoms with E-state index >= 15 is 0 Å². The topological polar surface area (TPSA) is 93.2 Å². The van der Waals surface area contributed by atoms with Gasteiger partial charge in [-0.2, -0.15) is 0 Å². The summed E-state index contributed by atoms with van der Waals surface area (Å²) in [7, 11) is 2.47. The first-order valence-electron chi connectivity index (χ1n) is 11.4. The van der Waals surface area contributed by atoms with Gasteiger partial charge in [-0.3, -0.25) is 19.4 Å². The largest absolute Gasteiger partial charge is 0.465 e. The van der Waals surface area contributed by atoms with Gasteiger partial charge in [-0.1, -0.05) is 12.1 Å². The summed E-state index contributed by atoms with van der Waals surface area (Å²) in [6.07, 6.45) is 2.06. The highest BCUT2D eigenvalue weighted by molar-refractivity contribution is 8.02. The van der Waals surface area contributed by atoms with Gasteiger partial charge in [0.2, 0.25) is 10.8 Å². The second-order valence-electron chi connectivity index (χ2n) is 9.74. The number of anilines is 2. The molecule has 0 aliphatic carbocycles. The molecule has 2 aromatic carbocycles. The number of ether oxygens (including phenoxy) is 2. The molecule has 2 aromatic rings. The quantitative estimate of drug-likeness (QED) is 0.580. The number of allylic oxidation sites excluding steroid dienone is 1. The van der Waals surface area contributed by atoms with E-state index < -0.39 is 22.3 Å². The Hall–Kier alpha value is -3.59. The maximum atomic E-state index is 14.4. The molecule has 1 saturated heterocycles. The molecule has 2 amide bonds. The zero-order valence-corrected chi connectivity index (χ0v) is 21.7. The summed E-state index contributed by atoms with van der Waals surface area (Å²) >= 11 is 1.25. The second kappa shape index (κ2) is 7.96. The van der Waals surface area contributed by atoms with Gasteiger partial charge in [0, 0.05) is 16.8 Å². The Labute approximate surface area is 213 Å². The minimum atomic E-state index is -1.38. The number of amides is 2. The normalized spacial score (nSPS) is 21.6. The van der Waals surface area contributed by atoms with Crippen LogP contribution in [-0.4, -0.2) is 49.3 Å². The number of benzene rings is 2. The van der Waals surface area contributed by atoms with Crippen LogP contribution in [0, 0.1) is 6.92 Å². The van der Waals surface area contributed by atoms with Gasteiger partial charge in [-0.05, 0) is 63.1 Å². The zero-order valence-electron chi connectivity index (χ0n) is 20.9. The Kier molecular flexibility index (Phi) is 5.33. The van der Waals surface area contributed by atoms with E-state index in [1.165, 1.54) is 49.1 Å². The van der Waals surface area contributed by atoms with Crippen LogP contribution in [0.15, 0.2) is 36.4 Å². The molecule has 1 atom stereocenters. The SMILES string of the molecule is COC(=O)c1cc(C(=O)OC)cc(N2C(=O)CSC23C(=O)N2c4c(cc(C)cc43)C(C)=CC2(C)C)c1. The third-order valence-electron chi connectivity index (χ3n) is 6.89. The van der Waals surface area contributed by atoms with Gasteiger partial charge in [0.05, 0.1) is 42.3 Å². The van der Waals surface area contributed by atoms with Crippen molar-refractivity contribution in [3.8, 4) is 0 Å². The number of fused-ring (bicyclic) bond motifs is 1. The van der Waals surface area contributed by atoms with Gasteiger partial charge in [-0.15, -0.1) is 11.8 Å². The smallest absolute Gasteiger partial charge is 0.337 e.